The van der Waals surface area contributed by atoms with Crippen LogP contribution in [0.25, 0.3) is 0 Å². The minimum Gasteiger partial charge on any atom is -0.456 e. The van der Waals surface area contributed by atoms with Gasteiger partial charge < -0.3 is 20.1 Å². The molecule has 0 saturated carbocycles. The number of esters is 1. The summed E-state index contributed by atoms with van der Waals surface area (Å²) >= 11 is 0. The average molecular weight is 250 g/mol. The maximum absolute atomic E-state index is 12.1. The SMILES string of the molecule is CN(C)c1ccc(N)cc1C(=O)OC1CCOC1. The van der Waals surface area contributed by atoms with Crippen molar-refractivity contribution < 1.29 is 14.3 Å². The highest BCUT2D eigenvalue weighted by Gasteiger charge is 2.23. The lowest BCUT2D eigenvalue weighted by Gasteiger charge is -2.18. The van der Waals surface area contributed by atoms with Gasteiger partial charge in [-0.3, -0.25) is 0 Å². The van der Waals surface area contributed by atoms with Gasteiger partial charge >= 0.3 is 5.97 Å². The predicted molar refractivity (Wildman–Crippen MR) is 69.8 cm³/mol. The van der Waals surface area contributed by atoms with Gasteiger partial charge in [-0.25, -0.2) is 4.79 Å². The van der Waals surface area contributed by atoms with Crippen LogP contribution in [0.1, 0.15) is 16.8 Å². The summed E-state index contributed by atoms with van der Waals surface area (Å²) in [5.74, 6) is -0.346. The highest BCUT2D eigenvalue weighted by Crippen LogP contribution is 2.23. The topological polar surface area (TPSA) is 64.8 Å². The normalized spacial score (nSPS) is 18.7. The Bertz CT molecular complexity index is 440. The van der Waals surface area contributed by atoms with Crippen LogP contribution in [0, 0.1) is 0 Å². The van der Waals surface area contributed by atoms with E-state index in [1.54, 1.807) is 12.1 Å². The van der Waals surface area contributed by atoms with Gasteiger partial charge in [-0.1, -0.05) is 0 Å². The molecule has 1 aromatic carbocycles. The standard InChI is InChI=1S/C13H18N2O3/c1-15(2)12-4-3-9(14)7-11(12)13(16)18-10-5-6-17-8-10/h3-4,7,10H,5-6,8,14H2,1-2H3. The highest BCUT2D eigenvalue weighted by molar-refractivity contribution is 5.97. The molecule has 98 valence electrons. The molecule has 1 aliphatic heterocycles. The fraction of sp³-hybridized carbons (Fsp3) is 0.462. The van der Waals surface area contributed by atoms with E-state index in [1.165, 1.54) is 0 Å². The molecule has 2 rings (SSSR count). The van der Waals surface area contributed by atoms with E-state index in [0.29, 0.717) is 24.5 Å². The Balaban J connectivity index is 2.19. The van der Waals surface area contributed by atoms with E-state index in [4.69, 9.17) is 15.2 Å². The second-order valence-electron chi connectivity index (χ2n) is 4.56. The number of carbonyl (C=O) groups excluding carboxylic acids is 1. The van der Waals surface area contributed by atoms with E-state index in [-0.39, 0.29) is 12.1 Å². The van der Waals surface area contributed by atoms with Crippen LogP contribution in [0.15, 0.2) is 18.2 Å². The molecule has 1 aromatic rings. The number of hydrogen-bond acceptors (Lipinski definition) is 5. The predicted octanol–water partition coefficient (Wildman–Crippen LogP) is 1.28. The number of carbonyl (C=O) groups is 1. The molecule has 5 heteroatoms. The Kier molecular flexibility index (Phi) is 3.72. The third-order valence-electron chi connectivity index (χ3n) is 2.88. The Morgan fingerprint density at radius 1 is 1.50 bits per heavy atom. The summed E-state index contributed by atoms with van der Waals surface area (Å²) in [4.78, 5) is 14.0. The third-order valence-corrected chi connectivity index (χ3v) is 2.88. The van der Waals surface area contributed by atoms with Gasteiger partial charge in [-0.05, 0) is 18.2 Å². The van der Waals surface area contributed by atoms with E-state index in [0.717, 1.165) is 12.1 Å². The number of ether oxygens (including phenoxy) is 2. The van der Waals surface area contributed by atoms with Gasteiger partial charge in [0.2, 0.25) is 0 Å². The van der Waals surface area contributed by atoms with E-state index >= 15 is 0 Å². The quantitative estimate of drug-likeness (QED) is 0.646. The van der Waals surface area contributed by atoms with Crippen LogP contribution in [0.2, 0.25) is 0 Å². The molecular weight excluding hydrogens is 232 g/mol. The summed E-state index contributed by atoms with van der Waals surface area (Å²) in [6.45, 7) is 1.13. The van der Waals surface area contributed by atoms with Gasteiger partial charge in [0.25, 0.3) is 0 Å². The molecule has 0 bridgehead atoms. The average Bonchev–Trinajstić information content (AvgIpc) is 2.81. The lowest BCUT2D eigenvalue weighted by Crippen LogP contribution is -2.21. The van der Waals surface area contributed by atoms with E-state index in [2.05, 4.69) is 0 Å². The largest absolute Gasteiger partial charge is 0.456 e. The number of nitrogen functional groups attached to an aromatic ring is 1. The van der Waals surface area contributed by atoms with Crippen molar-refractivity contribution in [2.75, 3.05) is 37.9 Å². The summed E-state index contributed by atoms with van der Waals surface area (Å²) in [7, 11) is 3.75. The first-order valence-electron chi connectivity index (χ1n) is 5.93. The van der Waals surface area contributed by atoms with Gasteiger partial charge in [0.1, 0.15) is 6.10 Å². The first kappa shape index (κ1) is 12.7. The van der Waals surface area contributed by atoms with E-state index < -0.39 is 0 Å². The monoisotopic (exact) mass is 250 g/mol. The molecule has 1 unspecified atom stereocenters. The minimum atomic E-state index is -0.346. The van der Waals surface area contributed by atoms with Crippen molar-refractivity contribution in [3.8, 4) is 0 Å². The first-order chi connectivity index (χ1) is 8.58. The first-order valence-corrected chi connectivity index (χ1v) is 5.93. The Labute approximate surface area is 106 Å². The second-order valence-corrected chi connectivity index (χ2v) is 4.56. The highest BCUT2D eigenvalue weighted by atomic mass is 16.6. The molecule has 1 aliphatic rings. The van der Waals surface area contributed by atoms with Crippen LogP contribution in [0.3, 0.4) is 0 Å². The fourth-order valence-electron chi connectivity index (χ4n) is 1.93. The molecule has 1 fully saturated rings. The molecule has 5 nitrogen and oxygen atoms in total. The lowest BCUT2D eigenvalue weighted by molar-refractivity contribution is 0.0271. The van der Waals surface area contributed by atoms with E-state index in [9.17, 15) is 4.79 Å². The van der Waals surface area contributed by atoms with Crippen molar-refractivity contribution >= 4 is 17.3 Å². The molecular formula is C13H18N2O3. The zero-order valence-electron chi connectivity index (χ0n) is 10.7. The van der Waals surface area contributed by atoms with Crippen LogP contribution < -0.4 is 10.6 Å². The van der Waals surface area contributed by atoms with Crippen molar-refractivity contribution in [2.24, 2.45) is 0 Å². The van der Waals surface area contributed by atoms with Crippen molar-refractivity contribution in [3.05, 3.63) is 23.8 Å². The molecule has 1 heterocycles. The molecule has 0 aromatic heterocycles. The second kappa shape index (κ2) is 5.27. The van der Waals surface area contributed by atoms with Crippen LogP contribution in [0.4, 0.5) is 11.4 Å². The zero-order valence-corrected chi connectivity index (χ0v) is 10.7. The van der Waals surface area contributed by atoms with Crippen LogP contribution in [-0.4, -0.2) is 39.4 Å². The lowest BCUT2D eigenvalue weighted by atomic mass is 10.1. The summed E-state index contributed by atoms with van der Waals surface area (Å²) in [5, 5.41) is 0. The van der Waals surface area contributed by atoms with Gasteiger partial charge in [0, 0.05) is 26.2 Å². The van der Waals surface area contributed by atoms with Gasteiger partial charge in [-0.15, -0.1) is 0 Å². The molecule has 18 heavy (non-hydrogen) atoms. The molecule has 0 aliphatic carbocycles. The Morgan fingerprint density at radius 2 is 2.28 bits per heavy atom. The molecule has 1 atom stereocenters. The van der Waals surface area contributed by atoms with Crippen LogP contribution in [-0.2, 0) is 9.47 Å². The maximum atomic E-state index is 12.1. The minimum absolute atomic E-state index is 0.144. The summed E-state index contributed by atoms with van der Waals surface area (Å²) in [6.07, 6.45) is 0.611. The third kappa shape index (κ3) is 2.73. The zero-order chi connectivity index (χ0) is 13.1. The van der Waals surface area contributed by atoms with Crippen LogP contribution in [0.5, 0.6) is 0 Å². The van der Waals surface area contributed by atoms with Gasteiger partial charge in [-0.2, -0.15) is 0 Å². The number of anilines is 2. The summed E-state index contributed by atoms with van der Waals surface area (Å²) in [5.41, 5.74) is 7.57. The maximum Gasteiger partial charge on any atom is 0.340 e. The summed E-state index contributed by atoms with van der Waals surface area (Å²) < 4.78 is 10.6. The number of nitrogens with two attached hydrogens (primary N) is 1. The van der Waals surface area contributed by atoms with Gasteiger partial charge in [0.05, 0.1) is 24.5 Å². The smallest absolute Gasteiger partial charge is 0.340 e. The molecule has 1 saturated heterocycles. The van der Waals surface area contributed by atoms with Crippen LogP contribution >= 0.6 is 0 Å². The number of nitrogens with zero attached hydrogens (tertiary/aromatic N) is 1. The molecule has 0 amide bonds. The van der Waals surface area contributed by atoms with Crippen molar-refractivity contribution in [3.63, 3.8) is 0 Å². The number of hydrogen-bond donors (Lipinski definition) is 1. The number of benzene rings is 1. The van der Waals surface area contributed by atoms with Crippen molar-refractivity contribution in [1.29, 1.82) is 0 Å². The van der Waals surface area contributed by atoms with Crippen molar-refractivity contribution in [1.82, 2.24) is 0 Å². The molecule has 0 spiro atoms. The Hall–Kier alpha value is -1.75. The molecule has 0 radical (unpaired) electrons. The summed E-state index contributed by atoms with van der Waals surface area (Å²) in [6, 6.07) is 5.23. The fourth-order valence-corrected chi connectivity index (χ4v) is 1.93. The number of rotatable bonds is 3. The Morgan fingerprint density at radius 3 is 2.89 bits per heavy atom. The van der Waals surface area contributed by atoms with Gasteiger partial charge in [0.15, 0.2) is 0 Å². The van der Waals surface area contributed by atoms with Crippen molar-refractivity contribution in [2.45, 2.75) is 12.5 Å². The van der Waals surface area contributed by atoms with E-state index in [1.807, 2.05) is 25.1 Å². The molecule has 2 N–H and O–H groups in total.